The Bertz CT molecular complexity index is 893. The van der Waals surface area contributed by atoms with Crippen LogP contribution in [-0.4, -0.2) is 45.7 Å². The zero-order chi connectivity index (χ0) is 22.1. The zero-order valence-electron chi connectivity index (χ0n) is 17.2. The van der Waals surface area contributed by atoms with Crippen LogP contribution >= 0.6 is 0 Å². The van der Waals surface area contributed by atoms with E-state index >= 15 is 0 Å². The second-order valence-electron chi connectivity index (χ2n) is 6.68. The number of carbonyl (C=O) groups excluding carboxylic acids is 2. The van der Waals surface area contributed by atoms with Crippen molar-refractivity contribution in [1.29, 1.82) is 0 Å². The van der Waals surface area contributed by atoms with Crippen molar-refractivity contribution in [3.63, 3.8) is 0 Å². The summed E-state index contributed by atoms with van der Waals surface area (Å²) in [4.78, 5) is 24.9. The van der Waals surface area contributed by atoms with Crippen LogP contribution in [0.25, 0.3) is 0 Å². The SMILES string of the molecule is CCOc1ccc(C[NH+](C)CC(=O)NCC(=O)Nc2ccc(F)c(F)c2)cc1OC. The van der Waals surface area contributed by atoms with E-state index in [0.29, 0.717) is 24.7 Å². The third kappa shape index (κ3) is 7.00. The molecule has 1 atom stereocenters. The Balaban J connectivity index is 1.80. The Morgan fingerprint density at radius 1 is 1.03 bits per heavy atom. The summed E-state index contributed by atoms with van der Waals surface area (Å²) in [6.07, 6.45) is 0. The minimum Gasteiger partial charge on any atom is -0.493 e. The van der Waals surface area contributed by atoms with Gasteiger partial charge in [-0.25, -0.2) is 8.78 Å². The second-order valence-corrected chi connectivity index (χ2v) is 6.68. The van der Waals surface area contributed by atoms with Gasteiger partial charge in [-0.2, -0.15) is 0 Å². The van der Waals surface area contributed by atoms with Crippen LogP contribution in [0.1, 0.15) is 12.5 Å². The highest BCUT2D eigenvalue weighted by molar-refractivity contribution is 5.94. The number of rotatable bonds is 10. The smallest absolute Gasteiger partial charge is 0.275 e. The number of anilines is 1. The number of halogens is 2. The van der Waals surface area contributed by atoms with E-state index in [0.717, 1.165) is 22.6 Å². The quantitative estimate of drug-likeness (QED) is 0.537. The molecule has 2 aromatic carbocycles. The first-order valence-electron chi connectivity index (χ1n) is 9.45. The van der Waals surface area contributed by atoms with Gasteiger partial charge in [0.1, 0.15) is 6.54 Å². The molecule has 0 aliphatic heterocycles. The monoisotopic (exact) mass is 422 g/mol. The molecule has 2 aromatic rings. The van der Waals surface area contributed by atoms with Gasteiger partial charge < -0.3 is 25.0 Å². The Morgan fingerprint density at radius 3 is 2.47 bits per heavy atom. The summed E-state index contributed by atoms with van der Waals surface area (Å²) in [5.41, 5.74) is 1.08. The minimum atomic E-state index is -1.06. The Morgan fingerprint density at radius 2 is 1.80 bits per heavy atom. The van der Waals surface area contributed by atoms with E-state index in [-0.39, 0.29) is 24.7 Å². The maximum absolute atomic E-state index is 13.2. The normalized spacial score (nSPS) is 11.5. The van der Waals surface area contributed by atoms with E-state index in [4.69, 9.17) is 9.47 Å². The average Bonchev–Trinajstić information content (AvgIpc) is 2.70. The number of carbonyl (C=O) groups is 2. The van der Waals surface area contributed by atoms with Crippen molar-refractivity contribution in [2.24, 2.45) is 0 Å². The molecule has 0 radical (unpaired) electrons. The highest BCUT2D eigenvalue weighted by atomic mass is 19.2. The Labute approximate surface area is 174 Å². The molecule has 3 N–H and O–H groups in total. The summed E-state index contributed by atoms with van der Waals surface area (Å²) in [5, 5.41) is 4.90. The van der Waals surface area contributed by atoms with Crippen LogP contribution < -0.4 is 25.0 Å². The van der Waals surface area contributed by atoms with E-state index in [9.17, 15) is 18.4 Å². The molecular weight excluding hydrogens is 396 g/mol. The fourth-order valence-corrected chi connectivity index (χ4v) is 2.80. The van der Waals surface area contributed by atoms with Crippen LogP contribution in [0, 0.1) is 11.6 Å². The average molecular weight is 422 g/mol. The van der Waals surface area contributed by atoms with Crippen LogP contribution in [0.4, 0.5) is 14.5 Å². The lowest BCUT2D eigenvalue weighted by molar-refractivity contribution is -0.885. The molecule has 0 saturated carbocycles. The number of likely N-dealkylation sites (N-methyl/N-ethyl adjacent to an activating group) is 1. The van der Waals surface area contributed by atoms with Crippen molar-refractivity contribution >= 4 is 17.5 Å². The largest absolute Gasteiger partial charge is 0.493 e. The lowest BCUT2D eigenvalue weighted by Gasteiger charge is -2.15. The van der Waals surface area contributed by atoms with Gasteiger partial charge in [-0.05, 0) is 37.3 Å². The van der Waals surface area contributed by atoms with Crippen molar-refractivity contribution in [1.82, 2.24) is 5.32 Å². The van der Waals surface area contributed by atoms with Crippen molar-refractivity contribution in [2.45, 2.75) is 13.5 Å². The topological polar surface area (TPSA) is 81.1 Å². The number of hydrogen-bond donors (Lipinski definition) is 3. The zero-order valence-corrected chi connectivity index (χ0v) is 17.2. The standard InChI is InChI=1S/C21H25F2N3O4/c1-4-30-18-8-5-14(9-19(18)29-3)12-26(2)13-21(28)24-11-20(27)25-15-6-7-16(22)17(23)10-15/h5-10H,4,11-13H2,1-3H3,(H,24,28)(H,25,27)/p+1. The molecule has 1 unspecified atom stereocenters. The number of ether oxygens (including phenoxy) is 2. The Hall–Kier alpha value is -3.20. The fraction of sp³-hybridized carbons (Fsp3) is 0.333. The Kier molecular flexibility index (Phi) is 8.54. The third-order valence-corrected chi connectivity index (χ3v) is 4.15. The molecular formula is C21H26F2N3O4+. The van der Waals surface area contributed by atoms with Gasteiger partial charge in [0, 0.05) is 17.3 Å². The summed E-state index contributed by atoms with van der Waals surface area (Å²) in [7, 11) is 3.42. The van der Waals surface area contributed by atoms with Crippen molar-refractivity contribution in [3.05, 3.63) is 53.6 Å². The number of benzene rings is 2. The molecule has 30 heavy (non-hydrogen) atoms. The summed E-state index contributed by atoms with van der Waals surface area (Å²) in [6, 6.07) is 8.62. The van der Waals surface area contributed by atoms with Crippen LogP contribution in [-0.2, 0) is 16.1 Å². The summed E-state index contributed by atoms with van der Waals surface area (Å²) >= 11 is 0. The molecule has 0 saturated heterocycles. The first kappa shape index (κ1) is 23.1. The summed E-state index contributed by atoms with van der Waals surface area (Å²) in [5.74, 6) is -1.63. The van der Waals surface area contributed by atoms with Crippen LogP contribution in [0.2, 0.25) is 0 Å². The van der Waals surface area contributed by atoms with Crippen LogP contribution in [0.3, 0.4) is 0 Å². The highest BCUT2D eigenvalue weighted by Gasteiger charge is 2.14. The number of hydrogen-bond acceptors (Lipinski definition) is 4. The molecule has 2 amide bonds. The molecule has 0 fully saturated rings. The van der Waals surface area contributed by atoms with E-state index in [2.05, 4.69) is 10.6 Å². The molecule has 0 bridgehead atoms. The number of amides is 2. The first-order chi connectivity index (χ1) is 14.3. The van der Waals surface area contributed by atoms with E-state index in [1.54, 1.807) is 7.11 Å². The molecule has 0 spiro atoms. The molecule has 0 aliphatic carbocycles. The molecule has 0 heterocycles. The van der Waals surface area contributed by atoms with Gasteiger partial charge in [-0.15, -0.1) is 0 Å². The van der Waals surface area contributed by atoms with Crippen molar-refractivity contribution < 1.29 is 32.7 Å². The second kappa shape index (κ2) is 11.1. The maximum atomic E-state index is 13.2. The predicted molar refractivity (Wildman–Crippen MR) is 108 cm³/mol. The molecule has 9 heteroatoms. The van der Waals surface area contributed by atoms with Gasteiger partial charge in [0.15, 0.2) is 29.7 Å². The van der Waals surface area contributed by atoms with Gasteiger partial charge >= 0.3 is 0 Å². The van der Waals surface area contributed by atoms with Gasteiger partial charge in [-0.3, -0.25) is 9.59 Å². The summed E-state index contributed by atoms with van der Waals surface area (Å²) in [6.45, 7) is 2.86. The number of nitrogens with one attached hydrogen (secondary N) is 3. The van der Waals surface area contributed by atoms with Gasteiger partial charge in [0.05, 0.1) is 27.3 Å². The van der Waals surface area contributed by atoms with Crippen molar-refractivity contribution in [3.8, 4) is 11.5 Å². The molecule has 2 rings (SSSR count). The number of methoxy groups -OCH3 is 1. The van der Waals surface area contributed by atoms with Gasteiger partial charge in [0.2, 0.25) is 5.91 Å². The van der Waals surface area contributed by atoms with Crippen molar-refractivity contribution in [2.75, 3.05) is 39.2 Å². The maximum Gasteiger partial charge on any atom is 0.275 e. The first-order valence-corrected chi connectivity index (χ1v) is 9.45. The van der Waals surface area contributed by atoms with Gasteiger partial charge in [0.25, 0.3) is 5.91 Å². The fourth-order valence-electron chi connectivity index (χ4n) is 2.80. The number of quaternary nitrogens is 1. The van der Waals surface area contributed by atoms with Crippen LogP contribution in [0.5, 0.6) is 11.5 Å². The molecule has 7 nitrogen and oxygen atoms in total. The molecule has 0 aromatic heterocycles. The van der Waals surface area contributed by atoms with Crippen LogP contribution in [0.15, 0.2) is 36.4 Å². The minimum absolute atomic E-state index is 0.111. The summed E-state index contributed by atoms with van der Waals surface area (Å²) < 4.78 is 36.9. The molecule has 162 valence electrons. The van der Waals surface area contributed by atoms with E-state index in [1.165, 1.54) is 6.07 Å². The lowest BCUT2D eigenvalue weighted by Crippen LogP contribution is -3.08. The molecule has 0 aliphatic rings. The highest BCUT2D eigenvalue weighted by Crippen LogP contribution is 2.27. The third-order valence-electron chi connectivity index (χ3n) is 4.15. The van der Waals surface area contributed by atoms with Gasteiger partial charge in [-0.1, -0.05) is 0 Å². The van der Waals surface area contributed by atoms with E-state index in [1.807, 2.05) is 32.2 Å². The predicted octanol–water partition coefficient (Wildman–Crippen LogP) is 1.14. The van der Waals surface area contributed by atoms with E-state index < -0.39 is 17.5 Å². The lowest BCUT2D eigenvalue weighted by atomic mass is 10.2.